The van der Waals surface area contributed by atoms with Crippen LogP contribution in [0.4, 0.5) is 10.1 Å². The van der Waals surface area contributed by atoms with E-state index >= 15 is 0 Å². The van der Waals surface area contributed by atoms with Gasteiger partial charge in [0.15, 0.2) is 0 Å². The molecule has 0 aliphatic carbocycles. The summed E-state index contributed by atoms with van der Waals surface area (Å²) in [6, 6.07) is 9.55. The van der Waals surface area contributed by atoms with Gasteiger partial charge in [-0.05, 0) is 62.2 Å². The minimum absolute atomic E-state index is 0.00289. The molecule has 40 heavy (non-hydrogen) atoms. The molecular formula is C27H27ClFN5O5S. The van der Waals surface area contributed by atoms with Crippen molar-refractivity contribution >= 4 is 44.1 Å². The van der Waals surface area contributed by atoms with Gasteiger partial charge in [0.2, 0.25) is 11.8 Å². The molecule has 4 aromatic rings. The molecule has 10 nitrogen and oxygen atoms in total. The number of ether oxygens (including phenoxy) is 1. The third-order valence-electron chi connectivity index (χ3n) is 5.88. The van der Waals surface area contributed by atoms with Crippen LogP contribution >= 0.6 is 11.6 Å². The van der Waals surface area contributed by atoms with Crippen molar-refractivity contribution < 1.29 is 22.3 Å². The minimum Gasteiger partial charge on any atom is -0.480 e. The number of aromatic nitrogens is 3. The number of nitrogens with zero attached hydrogens (tertiary/aromatic N) is 3. The fourth-order valence-corrected chi connectivity index (χ4v) is 5.62. The van der Waals surface area contributed by atoms with E-state index in [0.29, 0.717) is 35.0 Å². The van der Waals surface area contributed by atoms with E-state index in [9.17, 15) is 22.4 Å². The Hall–Kier alpha value is -4.03. The average molecular weight is 588 g/mol. The molecule has 0 bridgehead atoms. The summed E-state index contributed by atoms with van der Waals surface area (Å²) >= 11 is 5.97. The van der Waals surface area contributed by atoms with Gasteiger partial charge in [-0.15, -0.1) is 0 Å². The van der Waals surface area contributed by atoms with Crippen LogP contribution in [-0.4, -0.2) is 42.0 Å². The number of pyridine rings is 1. The third-order valence-corrected chi connectivity index (χ3v) is 7.73. The smallest absolute Gasteiger partial charge is 0.263 e. The Kier molecular flexibility index (Phi) is 8.70. The summed E-state index contributed by atoms with van der Waals surface area (Å²) in [6.45, 7) is 4.08. The number of rotatable bonds is 10. The number of benzene rings is 2. The Balaban J connectivity index is 1.64. The summed E-state index contributed by atoms with van der Waals surface area (Å²) in [5, 5.41) is 2.89. The predicted molar refractivity (Wildman–Crippen MR) is 151 cm³/mol. The van der Waals surface area contributed by atoms with Crippen molar-refractivity contribution in [3.05, 3.63) is 76.2 Å². The van der Waals surface area contributed by atoms with E-state index in [4.69, 9.17) is 16.3 Å². The maximum Gasteiger partial charge on any atom is 0.263 e. The number of amides is 1. The highest BCUT2D eigenvalue weighted by Crippen LogP contribution is 2.32. The molecule has 2 aromatic carbocycles. The SMILES string of the molecule is COc1ncc(-c2ccc3ncn(CCCC(=O)NC(C)C)c(=O)c3c2)cc1NS(=O)(=O)c1ccc(F)cc1Cl. The minimum atomic E-state index is -4.22. The van der Waals surface area contributed by atoms with Crippen LogP contribution in [0, 0.1) is 5.82 Å². The number of nitrogens with one attached hydrogen (secondary N) is 2. The van der Waals surface area contributed by atoms with Crippen LogP contribution in [0.2, 0.25) is 5.02 Å². The molecular weight excluding hydrogens is 561 g/mol. The molecule has 0 aliphatic rings. The second-order valence-electron chi connectivity index (χ2n) is 9.26. The first-order chi connectivity index (χ1) is 19.0. The van der Waals surface area contributed by atoms with E-state index in [1.807, 2.05) is 13.8 Å². The highest BCUT2D eigenvalue weighted by Gasteiger charge is 2.21. The maximum atomic E-state index is 13.4. The second kappa shape index (κ2) is 12.0. The van der Waals surface area contributed by atoms with Crippen molar-refractivity contribution in [1.29, 1.82) is 0 Å². The lowest BCUT2D eigenvalue weighted by Gasteiger charge is -2.14. The molecule has 2 heterocycles. The Labute approximate surface area is 235 Å². The molecule has 0 saturated heterocycles. The summed E-state index contributed by atoms with van der Waals surface area (Å²) < 4.78 is 48.5. The zero-order valence-corrected chi connectivity index (χ0v) is 23.5. The van der Waals surface area contributed by atoms with Gasteiger partial charge in [0, 0.05) is 30.8 Å². The lowest BCUT2D eigenvalue weighted by atomic mass is 10.1. The number of anilines is 1. The number of hydrogen-bond acceptors (Lipinski definition) is 7. The van der Waals surface area contributed by atoms with Gasteiger partial charge in [-0.1, -0.05) is 17.7 Å². The topological polar surface area (TPSA) is 132 Å². The fraction of sp³-hybridized carbons (Fsp3) is 0.259. The normalized spacial score (nSPS) is 11.6. The van der Waals surface area contributed by atoms with Gasteiger partial charge in [-0.3, -0.25) is 18.9 Å². The first-order valence-electron chi connectivity index (χ1n) is 12.3. The number of fused-ring (bicyclic) bond motifs is 1. The van der Waals surface area contributed by atoms with Gasteiger partial charge in [0.25, 0.3) is 15.6 Å². The average Bonchev–Trinajstić information content (AvgIpc) is 2.89. The molecule has 0 atom stereocenters. The second-order valence-corrected chi connectivity index (χ2v) is 11.3. The molecule has 0 spiro atoms. The Bertz CT molecular complexity index is 1740. The van der Waals surface area contributed by atoms with Crippen LogP contribution in [0.1, 0.15) is 26.7 Å². The van der Waals surface area contributed by atoms with Crippen LogP contribution in [0.5, 0.6) is 5.88 Å². The maximum absolute atomic E-state index is 13.4. The van der Waals surface area contributed by atoms with Gasteiger partial charge >= 0.3 is 0 Å². The van der Waals surface area contributed by atoms with Crippen molar-refractivity contribution in [2.45, 2.75) is 44.2 Å². The van der Waals surface area contributed by atoms with Gasteiger partial charge in [-0.25, -0.2) is 22.8 Å². The van der Waals surface area contributed by atoms with Gasteiger partial charge in [0.1, 0.15) is 16.4 Å². The summed E-state index contributed by atoms with van der Waals surface area (Å²) in [4.78, 5) is 33.4. The molecule has 0 aliphatic heterocycles. The highest BCUT2D eigenvalue weighted by molar-refractivity contribution is 7.92. The summed E-state index contributed by atoms with van der Waals surface area (Å²) in [7, 11) is -2.89. The van der Waals surface area contributed by atoms with Gasteiger partial charge in [0.05, 0.1) is 29.4 Å². The van der Waals surface area contributed by atoms with E-state index < -0.39 is 15.8 Å². The van der Waals surface area contributed by atoms with E-state index in [0.717, 1.165) is 18.2 Å². The summed E-state index contributed by atoms with van der Waals surface area (Å²) in [5.74, 6) is -0.761. The first kappa shape index (κ1) is 29.0. The Morgan fingerprint density at radius 2 is 1.90 bits per heavy atom. The van der Waals surface area contributed by atoms with E-state index in [2.05, 4.69) is 20.0 Å². The van der Waals surface area contributed by atoms with Gasteiger partial charge in [-0.2, -0.15) is 0 Å². The first-order valence-corrected chi connectivity index (χ1v) is 14.2. The van der Waals surface area contributed by atoms with Crippen molar-refractivity contribution in [3.8, 4) is 17.0 Å². The summed E-state index contributed by atoms with van der Waals surface area (Å²) in [6.07, 6.45) is 3.68. The van der Waals surface area contributed by atoms with Crippen molar-refractivity contribution in [1.82, 2.24) is 19.9 Å². The number of aryl methyl sites for hydroxylation is 1. The fourth-order valence-electron chi connectivity index (χ4n) is 4.04. The molecule has 0 fully saturated rings. The van der Waals surface area contributed by atoms with Crippen LogP contribution < -0.4 is 20.3 Å². The standard InChI is InChI=1S/C27H27ClFN5O5S/c1-16(2)32-25(35)5-4-10-34-15-31-22-8-6-17(11-20(22)27(34)36)18-12-23(26(39-3)30-14-18)33-40(37,38)24-9-7-19(29)13-21(24)28/h6-9,11-16,33H,4-5,10H2,1-3H3,(H,32,35). The number of methoxy groups -OCH3 is 1. The molecule has 0 radical (unpaired) electrons. The molecule has 13 heteroatoms. The molecule has 1 amide bonds. The van der Waals surface area contributed by atoms with E-state index in [-0.39, 0.29) is 45.4 Å². The quantitative estimate of drug-likeness (QED) is 0.282. The van der Waals surface area contributed by atoms with Gasteiger partial charge < -0.3 is 10.1 Å². The number of sulfonamides is 1. The number of hydrogen-bond donors (Lipinski definition) is 2. The Morgan fingerprint density at radius 3 is 2.60 bits per heavy atom. The van der Waals surface area contributed by atoms with Crippen LogP contribution in [-0.2, 0) is 21.4 Å². The number of halogens is 2. The lowest BCUT2D eigenvalue weighted by molar-refractivity contribution is -0.121. The largest absolute Gasteiger partial charge is 0.480 e. The molecule has 210 valence electrons. The van der Waals surface area contributed by atoms with Crippen LogP contribution in [0.3, 0.4) is 0 Å². The zero-order valence-electron chi connectivity index (χ0n) is 21.9. The van der Waals surface area contributed by atoms with Crippen LogP contribution in [0.15, 0.2) is 64.7 Å². The Morgan fingerprint density at radius 1 is 1.12 bits per heavy atom. The molecule has 0 unspecified atom stereocenters. The number of carbonyl (C=O) groups excluding carboxylic acids is 1. The zero-order chi connectivity index (χ0) is 29.0. The monoisotopic (exact) mass is 587 g/mol. The van der Waals surface area contributed by atoms with Crippen molar-refractivity contribution in [2.75, 3.05) is 11.8 Å². The third kappa shape index (κ3) is 6.57. The summed E-state index contributed by atoms with van der Waals surface area (Å²) in [5.41, 5.74) is 1.30. The molecule has 0 saturated carbocycles. The van der Waals surface area contributed by atoms with Crippen molar-refractivity contribution in [2.24, 2.45) is 0 Å². The van der Waals surface area contributed by atoms with E-state index in [1.165, 1.54) is 30.3 Å². The molecule has 4 rings (SSSR count). The van der Waals surface area contributed by atoms with Crippen molar-refractivity contribution in [3.63, 3.8) is 0 Å². The predicted octanol–water partition coefficient (Wildman–Crippen LogP) is 4.37. The lowest BCUT2D eigenvalue weighted by Crippen LogP contribution is -2.30. The van der Waals surface area contributed by atoms with E-state index in [1.54, 1.807) is 18.2 Å². The highest BCUT2D eigenvalue weighted by atomic mass is 35.5. The molecule has 2 aromatic heterocycles. The van der Waals surface area contributed by atoms with Crippen LogP contribution in [0.25, 0.3) is 22.0 Å². The number of carbonyl (C=O) groups is 1. The molecule has 2 N–H and O–H groups in total.